The third kappa shape index (κ3) is 1.67. The van der Waals surface area contributed by atoms with Crippen LogP contribution in [0.4, 0.5) is 13.2 Å². The number of halogens is 3. The second-order valence-electron chi connectivity index (χ2n) is 2.19. The molecule has 0 unspecified atom stereocenters. The summed E-state index contributed by atoms with van der Waals surface area (Å²) in [7, 11) is 0. The molecule has 0 atom stereocenters. The van der Waals surface area contributed by atoms with Gasteiger partial charge in [-0.15, -0.1) is 0 Å². The highest BCUT2D eigenvalue weighted by Crippen LogP contribution is 2.15. The van der Waals surface area contributed by atoms with Crippen LogP contribution in [0.2, 0.25) is 0 Å². The van der Waals surface area contributed by atoms with Crippen molar-refractivity contribution in [3.8, 4) is 0 Å². The fraction of sp³-hybridized carbons (Fsp3) is 0. The van der Waals surface area contributed by atoms with Gasteiger partial charge in [0.25, 0.3) is 0 Å². The Balaban J connectivity index is 3.28. The Kier molecular flexibility index (Phi) is 2.53. The van der Waals surface area contributed by atoms with Gasteiger partial charge in [0.2, 0.25) is 0 Å². The zero-order chi connectivity index (χ0) is 9.14. The molecule has 0 fully saturated rings. The van der Waals surface area contributed by atoms with Crippen molar-refractivity contribution >= 4 is 6.08 Å². The minimum absolute atomic E-state index is 0.272. The summed E-state index contributed by atoms with van der Waals surface area (Å²) in [5, 5.41) is 0. The molecule has 0 spiro atoms. The van der Waals surface area contributed by atoms with Crippen molar-refractivity contribution in [3.63, 3.8) is 0 Å². The zero-order valence-corrected chi connectivity index (χ0v) is 6.15. The summed E-state index contributed by atoms with van der Waals surface area (Å²) in [4.78, 5) is 0. The smallest absolute Gasteiger partial charge is 0.136 e. The van der Waals surface area contributed by atoms with E-state index in [-0.39, 0.29) is 5.56 Å². The normalized spacial score (nSPS) is 11.0. The molecular weight excluding hydrogens is 165 g/mol. The maximum absolute atomic E-state index is 12.7. The molecule has 0 saturated heterocycles. The Morgan fingerprint density at radius 1 is 1.08 bits per heavy atom. The highest BCUT2D eigenvalue weighted by Gasteiger charge is 2.07. The Bertz CT molecular complexity index is 293. The van der Waals surface area contributed by atoms with E-state index in [4.69, 9.17) is 0 Å². The molecule has 63 valence electrons. The zero-order valence-electron chi connectivity index (χ0n) is 6.15. The van der Waals surface area contributed by atoms with E-state index in [1.807, 2.05) is 0 Å². The standard InChI is InChI=1S/C9H6F3/c1-2-3-7-8(11)4-6(10)5-9(7)12/h2-5H,1H2. The van der Waals surface area contributed by atoms with Gasteiger partial charge in [0.15, 0.2) is 0 Å². The molecule has 0 saturated carbocycles. The molecule has 0 aliphatic heterocycles. The second-order valence-corrected chi connectivity index (χ2v) is 2.19. The van der Waals surface area contributed by atoms with Gasteiger partial charge >= 0.3 is 0 Å². The number of allylic oxidation sites excluding steroid dienone is 1. The lowest BCUT2D eigenvalue weighted by atomic mass is 10.2. The Labute approximate surface area is 68.3 Å². The third-order valence-corrected chi connectivity index (χ3v) is 1.33. The van der Waals surface area contributed by atoms with Crippen molar-refractivity contribution in [2.24, 2.45) is 0 Å². The lowest BCUT2D eigenvalue weighted by Gasteiger charge is -1.98. The van der Waals surface area contributed by atoms with E-state index in [0.717, 1.165) is 6.08 Å². The SMILES string of the molecule is [CH2]C=Cc1c(F)cc(F)cc1F. The van der Waals surface area contributed by atoms with Crippen molar-refractivity contribution in [3.05, 3.63) is 48.1 Å². The molecule has 3 heteroatoms. The minimum atomic E-state index is -0.925. The van der Waals surface area contributed by atoms with E-state index in [0.29, 0.717) is 12.1 Å². The van der Waals surface area contributed by atoms with Crippen molar-refractivity contribution in [2.75, 3.05) is 0 Å². The van der Waals surface area contributed by atoms with Crippen molar-refractivity contribution in [2.45, 2.75) is 0 Å². The number of hydrogen-bond donors (Lipinski definition) is 0. The Hall–Kier alpha value is -1.25. The van der Waals surface area contributed by atoms with Gasteiger partial charge in [0.1, 0.15) is 17.5 Å². The molecular formula is C9H6F3. The van der Waals surface area contributed by atoms with Gasteiger partial charge in [-0.1, -0.05) is 12.2 Å². The van der Waals surface area contributed by atoms with Crippen LogP contribution in [0.1, 0.15) is 5.56 Å². The van der Waals surface area contributed by atoms with Crippen molar-refractivity contribution in [1.82, 2.24) is 0 Å². The van der Waals surface area contributed by atoms with Gasteiger partial charge in [-0.2, -0.15) is 0 Å². The third-order valence-electron chi connectivity index (χ3n) is 1.33. The van der Waals surface area contributed by atoms with E-state index < -0.39 is 17.5 Å². The van der Waals surface area contributed by atoms with Gasteiger partial charge in [0.05, 0.1) is 0 Å². The lowest BCUT2D eigenvalue weighted by molar-refractivity contribution is 0.540. The summed E-state index contributed by atoms with van der Waals surface area (Å²) in [5.41, 5.74) is -0.272. The first-order valence-corrected chi connectivity index (χ1v) is 3.25. The minimum Gasteiger partial charge on any atom is -0.207 e. The highest BCUT2D eigenvalue weighted by atomic mass is 19.1. The van der Waals surface area contributed by atoms with E-state index in [9.17, 15) is 13.2 Å². The molecule has 0 heterocycles. The molecule has 1 radical (unpaired) electrons. The monoisotopic (exact) mass is 171 g/mol. The van der Waals surface area contributed by atoms with Crippen LogP contribution in [0, 0.1) is 24.4 Å². The topological polar surface area (TPSA) is 0 Å². The number of benzene rings is 1. The predicted octanol–water partition coefficient (Wildman–Crippen LogP) is 2.95. The van der Waals surface area contributed by atoms with Crippen LogP contribution in [-0.4, -0.2) is 0 Å². The van der Waals surface area contributed by atoms with Gasteiger partial charge in [0, 0.05) is 17.7 Å². The first kappa shape index (κ1) is 8.84. The quantitative estimate of drug-likeness (QED) is 0.609. The van der Waals surface area contributed by atoms with Gasteiger partial charge in [-0.25, -0.2) is 13.2 Å². The van der Waals surface area contributed by atoms with Gasteiger partial charge in [-0.3, -0.25) is 0 Å². The van der Waals surface area contributed by atoms with Crippen LogP contribution in [0.15, 0.2) is 18.2 Å². The molecule has 0 aliphatic carbocycles. The van der Waals surface area contributed by atoms with Crippen LogP contribution in [0.3, 0.4) is 0 Å². The fourth-order valence-electron chi connectivity index (χ4n) is 0.830. The molecule has 1 aromatic carbocycles. The predicted molar refractivity (Wildman–Crippen MR) is 40.7 cm³/mol. The van der Waals surface area contributed by atoms with E-state index >= 15 is 0 Å². The first-order valence-electron chi connectivity index (χ1n) is 3.25. The van der Waals surface area contributed by atoms with Crippen LogP contribution < -0.4 is 0 Å². The molecule has 0 N–H and O–H groups in total. The number of rotatable bonds is 1. The van der Waals surface area contributed by atoms with Crippen LogP contribution in [0.5, 0.6) is 0 Å². The number of hydrogen-bond acceptors (Lipinski definition) is 0. The summed E-state index contributed by atoms with van der Waals surface area (Å²) in [6.45, 7) is 3.28. The summed E-state index contributed by atoms with van der Waals surface area (Å²) in [5.74, 6) is -2.77. The first-order chi connectivity index (χ1) is 5.65. The lowest BCUT2D eigenvalue weighted by Crippen LogP contribution is -1.90. The van der Waals surface area contributed by atoms with Crippen LogP contribution >= 0.6 is 0 Å². The molecule has 0 amide bonds. The van der Waals surface area contributed by atoms with E-state index in [2.05, 4.69) is 6.92 Å². The Morgan fingerprint density at radius 3 is 2.00 bits per heavy atom. The summed E-state index contributed by atoms with van der Waals surface area (Å²) in [6.07, 6.45) is 2.38. The van der Waals surface area contributed by atoms with Gasteiger partial charge in [-0.05, 0) is 6.92 Å². The van der Waals surface area contributed by atoms with E-state index in [1.54, 1.807) is 0 Å². The average Bonchev–Trinajstić information content (AvgIpc) is 1.96. The van der Waals surface area contributed by atoms with Crippen molar-refractivity contribution in [1.29, 1.82) is 0 Å². The van der Waals surface area contributed by atoms with Crippen LogP contribution in [-0.2, 0) is 0 Å². The van der Waals surface area contributed by atoms with Crippen molar-refractivity contribution < 1.29 is 13.2 Å². The maximum atomic E-state index is 12.7. The molecule has 1 aromatic rings. The largest absolute Gasteiger partial charge is 0.207 e. The van der Waals surface area contributed by atoms with E-state index in [1.165, 1.54) is 6.08 Å². The molecule has 0 aromatic heterocycles. The highest BCUT2D eigenvalue weighted by molar-refractivity contribution is 5.51. The molecule has 0 bridgehead atoms. The van der Waals surface area contributed by atoms with Crippen LogP contribution in [0.25, 0.3) is 6.08 Å². The molecule has 12 heavy (non-hydrogen) atoms. The maximum Gasteiger partial charge on any atom is 0.136 e. The fourth-order valence-corrected chi connectivity index (χ4v) is 0.830. The summed E-state index contributed by atoms with van der Waals surface area (Å²) < 4.78 is 37.8. The second kappa shape index (κ2) is 3.43. The average molecular weight is 171 g/mol. The molecule has 1 rings (SSSR count). The summed E-state index contributed by atoms with van der Waals surface area (Å²) in [6, 6.07) is 1.25. The van der Waals surface area contributed by atoms with Gasteiger partial charge < -0.3 is 0 Å². The summed E-state index contributed by atoms with van der Waals surface area (Å²) >= 11 is 0. The Morgan fingerprint density at radius 2 is 1.58 bits per heavy atom. The molecule has 0 nitrogen and oxygen atoms in total. The molecule has 0 aliphatic rings.